The molecule has 0 heterocycles. The molecule has 2 aromatic rings. The Bertz CT molecular complexity index is 721. The molecule has 0 aliphatic carbocycles. The first-order valence-electron chi connectivity index (χ1n) is 7.13. The molecule has 0 fully saturated rings. The lowest BCUT2D eigenvalue weighted by atomic mass is 10.0. The Labute approximate surface area is 140 Å². The minimum absolute atomic E-state index is 0.0647. The summed E-state index contributed by atoms with van der Waals surface area (Å²) >= 11 is 5.61. The monoisotopic (exact) mass is 331 g/mol. The lowest BCUT2D eigenvalue weighted by Crippen LogP contribution is -2.14. The van der Waals surface area contributed by atoms with E-state index in [1.165, 1.54) is 7.11 Å². The minimum Gasteiger partial charge on any atom is -0.488 e. The first-order valence-corrected chi connectivity index (χ1v) is 7.50. The zero-order valence-corrected chi connectivity index (χ0v) is 14.1. The molecule has 0 saturated heterocycles. The number of halogens is 1. The molecular weight excluding hydrogens is 314 g/mol. The number of carbonyl (C=O) groups is 1. The van der Waals surface area contributed by atoms with Gasteiger partial charge in [0.25, 0.3) is 5.24 Å². The molecule has 5 heteroatoms. The van der Waals surface area contributed by atoms with Crippen molar-refractivity contribution in [1.82, 2.24) is 0 Å². The summed E-state index contributed by atoms with van der Waals surface area (Å²) in [5.74, 6) is 0.838. The van der Waals surface area contributed by atoms with Gasteiger partial charge >= 0.3 is 0 Å². The van der Waals surface area contributed by atoms with Crippen LogP contribution >= 0.6 is 11.6 Å². The van der Waals surface area contributed by atoms with E-state index in [1.54, 1.807) is 6.07 Å². The average Bonchev–Trinajstić information content (AvgIpc) is 2.52. The fourth-order valence-electron chi connectivity index (χ4n) is 2.34. The van der Waals surface area contributed by atoms with Gasteiger partial charge in [-0.15, -0.1) is 0 Å². The zero-order chi connectivity index (χ0) is 16.8. The normalized spacial score (nSPS) is 11.2. The maximum absolute atomic E-state index is 11.6. The summed E-state index contributed by atoms with van der Waals surface area (Å²) < 4.78 is 5.95. The van der Waals surface area contributed by atoms with Gasteiger partial charge in [-0.3, -0.25) is 4.79 Å². The number of para-hydroxylation sites is 1. The highest BCUT2D eigenvalue weighted by Crippen LogP contribution is 2.24. The second kappa shape index (κ2) is 7.79. The lowest BCUT2D eigenvalue weighted by Gasteiger charge is -2.14. The summed E-state index contributed by atoms with van der Waals surface area (Å²) in [5.41, 5.74) is 3.58. The van der Waals surface area contributed by atoms with Gasteiger partial charge < -0.3 is 9.57 Å². The molecule has 0 unspecified atom stereocenters. The van der Waals surface area contributed by atoms with Crippen molar-refractivity contribution in [3.8, 4) is 5.75 Å². The van der Waals surface area contributed by atoms with Gasteiger partial charge in [0.2, 0.25) is 0 Å². The van der Waals surface area contributed by atoms with Crippen molar-refractivity contribution < 1.29 is 14.4 Å². The van der Waals surface area contributed by atoms with Crippen LogP contribution in [0.2, 0.25) is 0 Å². The SMILES string of the molecule is CON=C(C(=O)Cl)c1ccccc1COc1c(C)cccc1C. The molecule has 0 N–H and O–H groups in total. The molecule has 120 valence electrons. The second-order valence-corrected chi connectivity index (χ2v) is 5.41. The van der Waals surface area contributed by atoms with Crippen LogP contribution in [0.5, 0.6) is 5.75 Å². The highest BCUT2D eigenvalue weighted by molar-refractivity contribution is 6.84. The highest BCUT2D eigenvalue weighted by Gasteiger charge is 2.17. The van der Waals surface area contributed by atoms with E-state index in [2.05, 4.69) is 5.16 Å². The third-order valence-corrected chi connectivity index (χ3v) is 3.60. The number of oxime groups is 1. The Morgan fingerprint density at radius 1 is 1.09 bits per heavy atom. The summed E-state index contributed by atoms with van der Waals surface area (Å²) in [5, 5.41) is 3.05. The molecule has 2 rings (SSSR count). The number of aryl methyl sites for hydroxylation is 2. The van der Waals surface area contributed by atoms with Crippen molar-refractivity contribution in [1.29, 1.82) is 0 Å². The maximum Gasteiger partial charge on any atom is 0.274 e. The van der Waals surface area contributed by atoms with E-state index in [9.17, 15) is 4.79 Å². The van der Waals surface area contributed by atoms with Crippen molar-refractivity contribution >= 4 is 22.6 Å². The molecule has 0 aromatic heterocycles. The first kappa shape index (κ1) is 17.0. The highest BCUT2D eigenvalue weighted by atomic mass is 35.5. The van der Waals surface area contributed by atoms with E-state index >= 15 is 0 Å². The van der Waals surface area contributed by atoms with Crippen LogP contribution in [0.3, 0.4) is 0 Å². The molecule has 0 aliphatic rings. The Hall–Kier alpha value is -2.33. The summed E-state index contributed by atoms with van der Waals surface area (Å²) in [6, 6.07) is 13.3. The summed E-state index contributed by atoms with van der Waals surface area (Å²) in [6.07, 6.45) is 0. The van der Waals surface area contributed by atoms with E-state index in [4.69, 9.17) is 21.2 Å². The van der Waals surface area contributed by atoms with Gasteiger partial charge in [0.05, 0.1) is 0 Å². The number of benzene rings is 2. The van der Waals surface area contributed by atoms with Gasteiger partial charge in [-0.25, -0.2) is 0 Å². The van der Waals surface area contributed by atoms with Crippen LogP contribution in [-0.4, -0.2) is 18.1 Å². The zero-order valence-electron chi connectivity index (χ0n) is 13.3. The predicted molar refractivity (Wildman–Crippen MR) is 91.1 cm³/mol. The van der Waals surface area contributed by atoms with Crippen molar-refractivity contribution in [2.45, 2.75) is 20.5 Å². The van der Waals surface area contributed by atoms with Crippen LogP contribution in [-0.2, 0) is 16.2 Å². The van der Waals surface area contributed by atoms with Crippen molar-refractivity contribution in [2.75, 3.05) is 7.11 Å². The minimum atomic E-state index is -0.675. The van der Waals surface area contributed by atoms with Gasteiger partial charge in [0.1, 0.15) is 19.5 Å². The summed E-state index contributed by atoms with van der Waals surface area (Å²) in [4.78, 5) is 16.3. The van der Waals surface area contributed by atoms with Crippen LogP contribution < -0.4 is 4.74 Å². The number of hydrogen-bond donors (Lipinski definition) is 0. The van der Waals surface area contributed by atoms with Gasteiger partial charge in [-0.05, 0) is 42.1 Å². The van der Waals surface area contributed by atoms with Gasteiger partial charge in [0, 0.05) is 5.56 Å². The van der Waals surface area contributed by atoms with E-state index in [0.717, 1.165) is 22.4 Å². The number of hydrogen-bond acceptors (Lipinski definition) is 4. The molecular formula is C18H18ClNO3. The summed E-state index contributed by atoms with van der Waals surface area (Å²) in [6.45, 7) is 4.29. The van der Waals surface area contributed by atoms with E-state index in [1.807, 2.05) is 50.2 Å². The number of carbonyl (C=O) groups excluding carboxylic acids is 1. The largest absolute Gasteiger partial charge is 0.488 e. The topological polar surface area (TPSA) is 47.9 Å². The number of rotatable bonds is 6. The Kier molecular flexibility index (Phi) is 5.77. The van der Waals surface area contributed by atoms with Crippen molar-refractivity contribution in [3.05, 3.63) is 64.7 Å². The molecule has 2 aromatic carbocycles. The Balaban J connectivity index is 2.31. The first-order chi connectivity index (χ1) is 11.0. The fourth-order valence-corrected chi connectivity index (χ4v) is 2.47. The quantitative estimate of drug-likeness (QED) is 0.456. The molecule has 0 spiro atoms. The van der Waals surface area contributed by atoms with Crippen molar-refractivity contribution in [2.24, 2.45) is 5.16 Å². The molecule has 23 heavy (non-hydrogen) atoms. The summed E-state index contributed by atoms with van der Waals surface area (Å²) in [7, 11) is 1.37. The smallest absolute Gasteiger partial charge is 0.274 e. The van der Waals surface area contributed by atoms with Gasteiger partial charge in [-0.1, -0.05) is 47.6 Å². The van der Waals surface area contributed by atoms with Crippen LogP contribution in [0.1, 0.15) is 22.3 Å². The lowest BCUT2D eigenvalue weighted by molar-refractivity contribution is -0.106. The van der Waals surface area contributed by atoms with E-state index in [-0.39, 0.29) is 5.71 Å². The maximum atomic E-state index is 11.6. The third kappa shape index (κ3) is 4.11. The number of ether oxygens (including phenoxy) is 1. The molecule has 0 saturated carbocycles. The molecule has 0 amide bonds. The van der Waals surface area contributed by atoms with Gasteiger partial charge in [-0.2, -0.15) is 0 Å². The fraction of sp³-hybridized carbons (Fsp3) is 0.222. The molecule has 0 aliphatic heterocycles. The van der Waals surface area contributed by atoms with Crippen molar-refractivity contribution in [3.63, 3.8) is 0 Å². The second-order valence-electron chi connectivity index (χ2n) is 5.06. The number of nitrogens with zero attached hydrogens (tertiary/aromatic N) is 1. The van der Waals surface area contributed by atoms with Crippen LogP contribution in [0.4, 0.5) is 0 Å². The van der Waals surface area contributed by atoms with E-state index < -0.39 is 5.24 Å². The van der Waals surface area contributed by atoms with E-state index in [0.29, 0.717) is 12.2 Å². The molecule has 0 bridgehead atoms. The van der Waals surface area contributed by atoms with Gasteiger partial charge in [0.15, 0.2) is 5.71 Å². The van der Waals surface area contributed by atoms with Crippen LogP contribution in [0.25, 0.3) is 0 Å². The van der Waals surface area contributed by atoms with Crippen LogP contribution in [0, 0.1) is 13.8 Å². The average molecular weight is 332 g/mol. The standard InChI is InChI=1S/C18H18ClNO3/c1-12-7-6-8-13(2)17(12)23-11-14-9-4-5-10-15(14)16(18(19)21)20-22-3/h4-10H,11H2,1-3H3. The third-order valence-electron chi connectivity index (χ3n) is 3.42. The predicted octanol–water partition coefficient (Wildman–Crippen LogP) is 4.00. The Morgan fingerprint density at radius 2 is 1.74 bits per heavy atom. The Morgan fingerprint density at radius 3 is 2.35 bits per heavy atom. The molecule has 4 nitrogen and oxygen atoms in total. The molecule has 0 atom stereocenters. The molecule has 0 radical (unpaired) electrons. The van der Waals surface area contributed by atoms with Crippen LogP contribution in [0.15, 0.2) is 47.6 Å².